The number of benzene rings is 1. The van der Waals surface area contributed by atoms with Crippen LogP contribution in [0, 0.1) is 0 Å². The predicted molar refractivity (Wildman–Crippen MR) is 89.6 cm³/mol. The van der Waals surface area contributed by atoms with Crippen LogP contribution in [-0.4, -0.2) is 59.8 Å². The SMILES string of the molecule is c1ccc2oc(NCC3(N4CCOCC4)CCSC3)nc2c1. The summed E-state index contributed by atoms with van der Waals surface area (Å²) in [6.45, 7) is 4.61. The normalized spacial score (nSPS) is 26.5. The van der Waals surface area contributed by atoms with Crippen molar-refractivity contribution in [1.29, 1.82) is 0 Å². The molecule has 0 saturated carbocycles. The van der Waals surface area contributed by atoms with Gasteiger partial charge in [0, 0.05) is 30.9 Å². The summed E-state index contributed by atoms with van der Waals surface area (Å²) in [4.78, 5) is 7.11. The Morgan fingerprint density at radius 1 is 1.27 bits per heavy atom. The first-order valence-electron chi connectivity index (χ1n) is 7.86. The summed E-state index contributed by atoms with van der Waals surface area (Å²) in [6.07, 6.45) is 1.21. The summed E-state index contributed by atoms with van der Waals surface area (Å²) in [6, 6.07) is 8.52. The Hall–Kier alpha value is -1.24. The van der Waals surface area contributed by atoms with Gasteiger partial charge in [-0.2, -0.15) is 16.7 Å². The molecule has 0 aliphatic carbocycles. The van der Waals surface area contributed by atoms with E-state index in [9.17, 15) is 0 Å². The molecule has 1 unspecified atom stereocenters. The second-order valence-electron chi connectivity index (χ2n) is 5.97. The fourth-order valence-electron chi connectivity index (χ4n) is 3.32. The minimum atomic E-state index is 0.203. The Kier molecular flexibility index (Phi) is 3.98. The molecule has 2 aliphatic heterocycles. The third-order valence-corrected chi connectivity index (χ3v) is 5.86. The molecule has 1 aromatic heterocycles. The standard InChI is InChI=1S/C16H21N3O2S/c1-2-4-14-13(3-1)18-15(21-14)17-11-16(5-10-22-12-16)19-6-8-20-9-7-19/h1-4H,5-12H2,(H,17,18). The van der Waals surface area contributed by atoms with E-state index >= 15 is 0 Å². The van der Waals surface area contributed by atoms with Gasteiger partial charge in [0.25, 0.3) is 6.01 Å². The van der Waals surface area contributed by atoms with Crippen LogP contribution in [0.25, 0.3) is 11.1 Å². The van der Waals surface area contributed by atoms with Crippen molar-refractivity contribution in [1.82, 2.24) is 9.88 Å². The van der Waals surface area contributed by atoms with Crippen molar-refractivity contribution < 1.29 is 9.15 Å². The number of aromatic nitrogens is 1. The lowest BCUT2D eigenvalue weighted by molar-refractivity contribution is -0.00933. The van der Waals surface area contributed by atoms with Crippen LogP contribution in [0.2, 0.25) is 0 Å². The summed E-state index contributed by atoms with van der Waals surface area (Å²) in [5, 5.41) is 3.44. The molecule has 2 aromatic rings. The minimum absolute atomic E-state index is 0.203. The molecule has 0 amide bonds. The van der Waals surface area contributed by atoms with Gasteiger partial charge in [0.1, 0.15) is 5.52 Å². The molecular weight excluding hydrogens is 298 g/mol. The molecule has 0 spiro atoms. The number of fused-ring (bicyclic) bond motifs is 1. The van der Waals surface area contributed by atoms with Crippen molar-refractivity contribution in [2.45, 2.75) is 12.0 Å². The maximum atomic E-state index is 5.79. The van der Waals surface area contributed by atoms with Crippen LogP contribution in [0.15, 0.2) is 28.7 Å². The molecule has 118 valence electrons. The van der Waals surface area contributed by atoms with E-state index in [4.69, 9.17) is 9.15 Å². The van der Waals surface area contributed by atoms with Crippen molar-refractivity contribution in [2.24, 2.45) is 0 Å². The Labute approximate surface area is 134 Å². The zero-order valence-electron chi connectivity index (χ0n) is 12.6. The highest BCUT2D eigenvalue weighted by Gasteiger charge is 2.40. The van der Waals surface area contributed by atoms with Crippen molar-refractivity contribution in [3.05, 3.63) is 24.3 Å². The van der Waals surface area contributed by atoms with Crippen LogP contribution in [0.1, 0.15) is 6.42 Å². The molecule has 1 atom stereocenters. The Morgan fingerprint density at radius 2 is 2.14 bits per heavy atom. The number of hydrogen-bond donors (Lipinski definition) is 1. The molecule has 2 aliphatic rings. The molecule has 0 radical (unpaired) electrons. The third-order valence-electron chi connectivity index (χ3n) is 4.63. The van der Waals surface area contributed by atoms with E-state index in [1.807, 2.05) is 36.0 Å². The first-order valence-corrected chi connectivity index (χ1v) is 9.01. The van der Waals surface area contributed by atoms with Crippen molar-refractivity contribution in [3.63, 3.8) is 0 Å². The molecule has 0 bridgehead atoms. The van der Waals surface area contributed by atoms with Crippen molar-refractivity contribution >= 4 is 28.9 Å². The zero-order valence-corrected chi connectivity index (χ0v) is 13.4. The molecular formula is C16H21N3O2S. The van der Waals surface area contributed by atoms with Crippen LogP contribution in [0.4, 0.5) is 6.01 Å². The fraction of sp³-hybridized carbons (Fsp3) is 0.562. The summed E-state index contributed by atoms with van der Waals surface area (Å²) in [5.74, 6) is 2.40. The molecule has 5 nitrogen and oxygen atoms in total. The number of thioether (sulfide) groups is 1. The molecule has 3 heterocycles. The lowest BCUT2D eigenvalue weighted by Crippen LogP contribution is -2.57. The van der Waals surface area contributed by atoms with E-state index in [-0.39, 0.29) is 5.54 Å². The monoisotopic (exact) mass is 319 g/mol. The van der Waals surface area contributed by atoms with E-state index in [1.165, 1.54) is 17.9 Å². The molecule has 2 fully saturated rings. The quantitative estimate of drug-likeness (QED) is 0.934. The number of oxazole rings is 1. The van der Waals surface area contributed by atoms with Gasteiger partial charge in [-0.3, -0.25) is 4.90 Å². The fourth-order valence-corrected chi connectivity index (χ4v) is 4.80. The van der Waals surface area contributed by atoms with E-state index < -0.39 is 0 Å². The number of morpholine rings is 1. The van der Waals surface area contributed by atoms with E-state index in [0.717, 1.165) is 43.9 Å². The molecule has 2 saturated heterocycles. The number of hydrogen-bond acceptors (Lipinski definition) is 6. The maximum Gasteiger partial charge on any atom is 0.295 e. The summed E-state index contributed by atoms with van der Waals surface area (Å²) >= 11 is 2.04. The number of anilines is 1. The summed E-state index contributed by atoms with van der Waals surface area (Å²) < 4.78 is 11.3. The summed E-state index contributed by atoms with van der Waals surface area (Å²) in [5.41, 5.74) is 1.95. The number of rotatable bonds is 4. The lowest BCUT2D eigenvalue weighted by Gasteiger charge is -2.42. The zero-order chi connectivity index (χ0) is 14.8. The largest absolute Gasteiger partial charge is 0.424 e. The average molecular weight is 319 g/mol. The Morgan fingerprint density at radius 3 is 2.91 bits per heavy atom. The predicted octanol–water partition coefficient (Wildman–Crippen LogP) is 2.45. The first kappa shape index (κ1) is 14.4. The lowest BCUT2D eigenvalue weighted by atomic mass is 9.95. The van der Waals surface area contributed by atoms with Gasteiger partial charge in [-0.05, 0) is 24.3 Å². The van der Waals surface area contributed by atoms with Gasteiger partial charge in [-0.1, -0.05) is 12.1 Å². The second-order valence-corrected chi connectivity index (χ2v) is 7.07. The van der Waals surface area contributed by atoms with Gasteiger partial charge in [0.2, 0.25) is 0 Å². The smallest absolute Gasteiger partial charge is 0.295 e. The van der Waals surface area contributed by atoms with Crippen LogP contribution in [0.5, 0.6) is 0 Å². The Balaban J connectivity index is 1.49. The molecule has 1 aromatic carbocycles. The van der Waals surface area contributed by atoms with Crippen LogP contribution in [-0.2, 0) is 4.74 Å². The van der Waals surface area contributed by atoms with E-state index in [2.05, 4.69) is 15.2 Å². The first-order chi connectivity index (χ1) is 10.9. The molecule has 1 N–H and O–H groups in total. The number of ether oxygens (including phenoxy) is 1. The highest BCUT2D eigenvalue weighted by atomic mass is 32.2. The highest BCUT2D eigenvalue weighted by molar-refractivity contribution is 7.99. The molecule has 4 rings (SSSR count). The van der Waals surface area contributed by atoms with Gasteiger partial charge in [0.15, 0.2) is 5.58 Å². The summed E-state index contributed by atoms with van der Waals surface area (Å²) in [7, 11) is 0. The van der Waals surface area contributed by atoms with Gasteiger partial charge in [-0.25, -0.2) is 0 Å². The molecule has 22 heavy (non-hydrogen) atoms. The highest BCUT2D eigenvalue weighted by Crippen LogP contribution is 2.34. The second kappa shape index (κ2) is 6.10. The van der Waals surface area contributed by atoms with Gasteiger partial charge in [-0.15, -0.1) is 0 Å². The number of nitrogens with one attached hydrogen (secondary N) is 1. The van der Waals surface area contributed by atoms with E-state index in [1.54, 1.807) is 0 Å². The Bertz CT molecular complexity index is 600. The topological polar surface area (TPSA) is 50.5 Å². The minimum Gasteiger partial charge on any atom is -0.424 e. The van der Waals surface area contributed by atoms with Crippen LogP contribution in [0.3, 0.4) is 0 Å². The van der Waals surface area contributed by atoms with Gasteiger partial charge < -0.3 is 14.5 Å². The number of para-hydroxylation sites is 2. The van der Waals surface area contributed by atoms with Crippen molar-refractivity contribution in [2.75, 3.05) is 49.7 Å². The average Bonchev–Trinajstić information content (AvgIpc) is 3.21. The van der Waals surface area contributed by atoms with Gasteiger partial charge >= 0.3 is 0 Å². The van der Waals surface area contributed by atoms with Crippen LogP contribution >= 0.6 is 11.8 Å². The maximum absolute atomic E-state index is 5.79. The van der Waals surface area contributed by atoms with Crippen molar-refractivity contribution in [3.8, 4) is 0 Å². The number of nitrogens with zero attached hydrogens (tertiary/aromatic N) is 2. The van der Waals surface area contributed by atoms with Crippen LogP contribution < -0.4 is 5.32 Å². The van der Waals surface area contributed by atoms with E-state index in [0.29, 0.717) is 6.01 Å². The van der Waals surface area contributed by atoms with Gasteiger partial charge in [0.05, 0.1) is 13.2 Å². The molecule has 6 heteroatoms. The third kappa shape index (κ3) is 2.71.